The van der Waals surface area contributed by atoms with Crippen LogP contribution in [0.5, 0.6) is 0 Å². The van der Waals surface area contributed by atoms with E-state index in [2.05, 4.69) is 6.08 Å². The summed E-state index contributed by atoms with van der Waals surface area (Å²) in [5.41, 5.74) is 0. The molecule has 0 aliphatic heterocycles. The van der Waals surface area contributed by atoms with E-state index in [1.165, 1.54) is 12.8 Å². The number of ether oxygens (including phenoxy) is 1. The molecule has 0 aromatic heterocycles. The largest absolute Gasteiger partial charge is 1.00 e. The average molecular weight is 118 g/mol. The first kappa shape index (κ1) is 9.30. The van der Waals surface area contributed by atoms with E-state index in [4.69, 9.17) is 4.74 Å². The minimum Gasteiger partial charge on any atom is -0.498 e. The topological polar surface area (TPSA) is 9.23 Å². The van der Waals surface area contributed by atoms with Gasteiger partial charge in [0.2, 0.25) is 0 Å². The van der Waals surface area contributed by atoms with Crippen molar-refractivity contribution in [1.82, 2.24) is 0 Å². The summed E-state index contributed by atoms with van der Waals surface area (Å²) < 4.78 is 5.07. The molecule has 9 heavy (non-hydrogen) atoms. The van der Waals surface area contributed by atoms with Gasteiger partial charge < -0.3 is 10.8 Å². The van der Waals surface area contributed by atoms with Gasteiger partial charge in [-0.1, -0.05) is 6.42 Å². The molecule has 0 N–H and O–H groups in total. The second-order valence-corrected chi connectivity index (χ2v) is 2.04. The molecule has 2 heteroatoms. The first-order valence-corrected chi connectivity index (χ1v) is 3.03. The molecule has 0 aromatic carbocycles. The van der Waals surface area contributed by atoms with E-state index in [0.29, 0.717) is 6.10 Å². The molecule has 0 bridgehead atoms. The molecule has 1 nitrogen and oxygen atoms in total. The standard InChI is InChI=1S/C7H11O.Li/c1-8-7-5-3-2-4-6-7;/h6-7H,2-3,5H2,1H3;/q-1;+1. The Bertz CT molecular complexity index is 90.9. The monoisotopic (exact) mass is 118 g/mol. The number of hydrogen-bond donors (Lipinski definition) is 0. The van der Waals surface area contributed by atoms with Crippen LogP contribution in [0.4, 0.5) is 0 Å². The van der Waals surface area contributed by atoms with Crippen molar-refractivity contribution in [3.8, 4) is 0 Å². The fourth-order valence-electron chi connectivity index (χ4n) is 0.889. The molecule has 1 aliphatic carbocycles. The summed E-state index contributed by atoms with van der Waals surface area (Å²) in [7, 11) is 1.74. The van der Waals surface area contributed by atoms with Gasteiger partial charge in [0.15, 0.2) is 0 Å². The third-order valence-corrected chi connectivity index (χ3v) is 1.42. The van der Waals surface area contributed by atoms with E-state index in [-0.39, 0.29) is 18.9 Å². The van der Waals surface area contributed by atoms with Gasteiger partial charge in [-0.05, 0) is 6.42 Å². The van der Waals surface area contributed by atoms with Crippen molar-refractivity contribution in [2.24, 2.45) is 0 Å². The van der Waals surface area contributed by atoms with Gasteiger partial charge in [0.05, 0.1) is 0 Å². The molecule has 0 aromatic rings. The minimum absolute atomic E-state index is 0. The van der Waals surface area contributed by atoms with E-state index >= 15 is 0 Å². The summed E-state index contributed by atoms with van der Waals surface area (Å²) in [5.74, 6) is 0. The van der Waals surface area contributed by atoms with Gasteiger partial charge in [0.25, 0.3) is 0 Å². The van der Waals surface area contributed by atoms with Gasteiger partial charge in [-0.15, -0.1) is 0 Å². The van der Waals surface area contributed by atoms with Gasteiger partial charge in [0.1, 0.15) is 0 Å². The van der Waals surface area contributed by atoms with E-state index < -0.39 is 0 Å². The van der Waals surface area contributed by atoms with E-state index in [0.717, 1.165) is 6.42 Å². The number of allylic oxidation sites excluding steroid dienone is 1. The van der Waals surface area contributed by atoms with Crippen molar-refractivity contribution < 1.29 is 23.6 Å². The molecule has 0 amide bonds. The summed E-state index contributed by atoms with van der Waals surface area (Å²) in [6, 6.07) is 0. The molecule has 0 saturated heterocycles. The van der Waals surface area contributed by atoms with Crippen molar-refractivity contribution in [3.05, 3.63) is 12.2 Å². The Hall–Kier alpha value is 0.297. The second kappa shape index (κ2) is 5.11. The Morgan fingerprint density at radius 3 is 2.78 bits per heavy atom. The number of rotatable bonds is 1. The summed E-state index contributed by atoms with van der Waals surface area (Å²) >= 11 is 0. The van der Waals surface area contributed by atoms with Gasteiger partial charge in [0, 0.05) is 13.2 Å². The smallest absolute Gasteiger partial charge is 0.498 e. The molecule has 0 fully saturated rings. The van der Waals surface area contributed by atoms with Crippen molar-refractivity contribution in [2.45, 2.75) is 25.4 Å². The van der Waals surface area contributed by atoms with Gasteiger partial charge >= 0.3 is 18.9 Å². The maximum Gasteiger partial charge on any atom is 1.00 e. The maximum atomic E-state index is 5.07. The normalized spacial score (nSPS) is 25.2. The van der Waals surface area contributed by atoms with Crippen LogP contribution in [0.15, 0.2) is 6.08 Å². The van der Waals surface area contributed by atoms with Crippen LogP contribution < -0.4 is 18.9 Å². The maximum absolute atomic E-state index is 5.07. The molecule has 0 radical (unpaired) electrons. The third kappa shape index (κ3) is 3.10. The Kier molecular flexibility index (Phi) is 5.28. The number of hydrogen-bond acceptors (Lipinski definition) is 1. The van der Waals surface area contributed by atoms with Crippen molar-refractivity contribution in [1.29, 1.82) is 0 Å². The molecule has 1 rings (SSSR count). The van der Waals surface area contributed by atoms with Crippen LogP contribution in [0.3, 0.4) is 0 Å². The van der Waals surface area contributed by atoms with Crippen LogP contribution in [0, 0.1) is 6.08 Å². The van der Waals surface area contributed by atoms with E-state index in [9.17, 15) is 0 Å². The molecular weight excluding hydrogens is 107 g/mol. The molecule has 0 spiro atoms. The van der Waals surface area contributed by atoms with Crippen LogP contribution in [-0.4, -0.2) is 13.2 Å². The Morgan fingerprint density at radius 2 is 2.44 bits per heavy atom. The van der Waals surface area contributed by atoms with Crippen LogP contribution in [0.2, 0.25) is 0 Å². The van der Waals surface area contributed by atoms with Gasteiger partial charge in [-0.2, -0.15) is 6.42 Å². The van der Waals surface area contributed by atoms with Crippen LogP contribution in [0.25, 0.3) is 0 Å². The summed E-state index contributed by atoms with van der Waals surface area (Å²) in [6.45, 7) is 0. The van der Waals surface area contributed by atoms with Crippen molar-refractivity contribution in [3.63, 3.8) is 0 Å². The summed E-state index contributed by atoms with van der Waals surface area (Å²) in [6.07, 6.45) is 9.02. The van der Waals surface area contributed by atoms with E-state index in [1.807, 2.05) is 6.08 Å². The average Bonchev–Trinajstić information content (AvgIpc) is 1.90. The number of methoxy groups -OCH3 is 1. The summed E-state index contributed by atoms with van der Waals surface area (Å²) in [4.78, 5) is 0. The quantitative estimate of drug-likeness (QED) is 0.302. The molecule has 0 heterocycles. The molecule has 46 valence electrons. The van der Waals surface area contributed by atoms with Crippen molar-refractivity contribution in [2.75, 3.05) is 7.11 Å². The van der Waals surface area contributed by atoms with Crippen LogP contribution >= 0.6 is 0 Å². The first-order chi connectivity index (χ1) is 3.93. The zero-order chi connectivity index (χ0) is 5.82. The van der Waals surface area contributed by atoms with E-state index in [1.54, 1.807) is 7.11 Å². The van der Waals surface area contributed by atoms with Gasteiger partial charge in [-0.3, -0.25) is 0 Å². The predicted octanol–water partition coefficient (Wildman–Crippen LogP) is -1.45. The minimum atomic E-state index is 0. The second-order valence-electron chi connectivity index (χ2n) is 2.04. The zero-order valence-electron chi connectivity index (χ0n) is 6.18. The van der Waals surface area contributed by atoms with Crippen molar-refractivity contribution >= 4 is 0 Å². The Balaban J connectivity index is 0.000000640. The predicted molar refractivity (Wildman–Crippen MR) is 32.5 cm³/mol. The SMILES string of the molecule is COC1C=[C-]CCC1.[Li+]. The molecular formula is C7H11LiO. The third-order valence-electron chi connectivity index (χ3n) is 1.42. The fourth-order valence-corrected chi connectivity index (χ4v) is 0.889. The van der Waals surface area contributed by atoms with Crippen LogP contribution in [0.1, 0.15) is 19.3 Å². The first-order valence-electron chi connectivity index (χ1n) is 3.03. The summed E-state index contributed by atoms with van der Waals surface area (Å²) in [5, 5.41) is 0. The molecule has 1 unspecified atom stereocenters. The Morgan fingerprint density at radius 1 is 1.67 bits per heavy atom. The zero-order valence-corrected chi connectivity index (χ0v) is 6.18. The van der Waals surface area contributed by atoms with Gasteiger partial charge in [-0.25, -0.2) is 6.08 Å². The fraction of sp³-hybridized carbons (Fsp3) is 0.714. The molecule has 1 atom stereocenters. The van der Waals surface area contributed by atoms with Crippen LogP contribution in [-0.2, 0) is 4.74 Å². The molecule has 0 saturated carbocycles. The Labute approximate surface area is 68.6 Å². The molecule has 1 aliphatic rings.